The van der Waals surface area contributed by atoms with Crippen LogP contribution in [0.25, 0.3) is 5.57 Å². The van der Waals surface area contributed by atoms with E-state index in [0.29, 0.717) is 16.8 Å². The van der Waals surface area contributed by atoms with Gasteiger partial charge in [-0.05, 0) is 18.2 Å². The van der Waals surface area contributed by atoms with Crippen molar-refractivity contribution in [2.45, 2.75) is 0 Å². The average molecular weight is 312 g/mol. The summed E-state index contributed by atoms with van der Waals surface area (Å²) in [5.41, 5.74) is 1.91. The molecule has 0 bridgehead atoms. The lowest BCUT2D eigenvalue weighted by Crippen LogP contribution is -2.29. The summed E-state index contributed by atoms with van der Waals surface area (Å²) in [6.07, 6.45) is 1.59. The van der Waals surface area contributed by atoms with Gasteiger partial charge in [-0.15, -0.1) is 0 Å². The second kappa shape index (κ2) is 5.98. The monoisotopic (exact) mass is 311 g/mol. The molecule has 0 aliphatic carbocycles. The molecule has 0 aliphatic rings. The zero-order valence-corrected chi connectivity index (χ0v) is 11.7. The van der Waals surface area contributed by atoms with E-state index < -0.39 is 12.6 Å². The number of halogens is 2. The van der Waals surface area contributed by atoms with Gasteiger partial charge in [-0.25, -0.2) is 0 Å². The van der Waals surface area contributed by atoms with E-state index in [4.69, 9.17) is 27.9 Å². The topological polar surface area (TPSA) is 78.0 Å². The zero-order valence-electron chi connectivity index (χ0n) is 10.2. The quantitative estimate of drug-likeness (QED) is 0.915. The van der Waals surface area contributed by atoms with E-state index in [2.05, 4.69) is 16.8 Å². The smallest absolute Gasteiger partial charge is 0.140 e. The first-order chi connectivity index (χ1) is 9.50. The van der Waals surface area contributed by atoms with Gasteiger partial charge < -0.3 is 14.6 Å². The van der Waals surface area contributed by atoms with Crippen molar-refractivity contribution in [1.29, 1.82) is 0 Å². The molecule has 1 heterocycles. The van der Waals surface area contributed by atoms with Crippen molar-refractivity contribution in [2.75, 3.05) is 6.61 Å². The first-order valence-electron chi connectivity index (χ1n) is 5.50. The minimum Gasteiger partial charge on any atom is -0.546 e. The second-order valence-electron chi connectivity index (χ2n) is 3.85. The van der Waals surface area contributed by atoms with Crippen LogP contribution in [0.4, 0.5) is 0 Å². The molecule has 0 radical (unpaired) electrons. The molecule has 1 aromatic heterocycles. The number of carbonyl (C=O) groups excluding carboxylic acids is 1. The number of hydrogen-bond acceptors (Lipinski definition) is 4. The summed E-state index contributed by atoms with van der Waals surface area (Å²) in [4.78, 5) is 10.4. The van der Waals surface area contributed by atoms with Crippen molar-refractivity contribution in [3.8, 4) is 5.75 Å². The molecule has 20 heavy (non-hydrogen) atoms. The first kappa shape index (κ1) is 14.4. The van der Waals surface area contributed by atoms with Gasteiger partial charge in [0.15, 0.2) is 0 Å². The molecule has 2 aromatic rings. The van der Waals surface area contributed by atoms with E-state index in [1.54, 1.807) is 18.3 Å². The fourth-order valence-corrected chi connectivity index (χ4v) is 2.07. The largest absolute Gasteiger partial charge is 0.546 e. The Morgan fingerprint density at radius 1 is 1.35 bits per heavy atom. The SMILES string of the molecule is C=C(c1ccn[nH]1)c1ccc(OCC(=O)[O-])c(Cl)c1Cl. The molecule has 1 aromatic carbocycles. The van der Waals surface area contributed by atoms with Crippen LogP contribution in [0.3, 0.4) is 0 Å². The summed E-state index contributed by atoms with van der Waals surface area (Å²) in [5.74, 6) is -1.18. The van der Waals surface area contributed by atoms with Gasteiger partial charge in [-0.2, -0.15) is 5.10 Å². The predicted molar refractivity (Wildman–Crippen MR) is 73.7 cm³/mol. The lowest BCUT2D eigenvalue weighted by Gasteiger charge is -2.13. The number of H-pyrrole nitrogens is 1. The number of ether oxygens (including phenoxy) is 1. The van der Waals surface area contributed by atoms with Crippen molar-refractivity contribution in [2.24, 2.45) is 0 Å². The van der Waals surface area contributed by atoms with Gasteiger partial charge >= 0.3 is 0 Å². The van der Waals surface area contributed by atoms with Crippen LogP contribution in [-0.4, -0.2) is 22.8 Å². The van der Waals surface area contributed by atoms with Gasteiger partial charge in [0.2, 0.25) is 0 Å². The van der Waals surface area contributed by atoms with E-state index in [9.17, 15) is 9.90 Å². The summed E-state index contributed by atoms with van der Waals surface area (Å²) in [7, 11) is 0. The second-order valence-corrected chi connectivity index (χ2v) is 4.60. The van der Waals surface area contributed by atoms with Crippen LogP contribution in [0.5, 0.6) is 5.75 Å². The van der Waals surface area contributed by atoms with Crippen molar-refractivity contribution in [3.05, 3.63) is 52.3 Å². The van der Waals surface area contributed by atoms with E-state index in [1.165, 1.54) is 6.07 Å². The van der Waals surface area contributed by atoms with Crippen molar-refractivity contribution in [1.82, 2.24) is 10.2 Å². The summed E-state index contributed by atoms with van der Waals surface area (Å²) in [6, 6.07) is 4.91. The Bertz CT molecular complexity index is 654. The van der Waals surface area contributed by atoms with Crippen molar-refractivity contribution in [3.63, 3.8) is 0 Å². The Balaban J connectivity index is 2.31. The minimum absolute atomic E-state index is 0.117. The van der Waals surface area contributed by atoms with Crippen LogP contribution in [0, 0.1) is 0 Å². The van der Waals surface area contributed by atoms with Crippen LogP contribution in [0.1, 0.15) is 11.3 Å². The predicted octanol–water partition coefficient (Wildman–Crippen LogP) is 1.91. The zero-order chi connectivity index (χ0) is 14.7. The molecule has 1 N–H and O–H groups in total. The van der Waals surface area contributed by atoms with Crippen molar-refractivity contribution < 1.29 is 14.6 Å². The molecule has 104 valence electrons. The Labute approximate surface area is 124 Å². The molecule has 0 saturated carbocycles. The van der Waals surface area contributed by atoms with Gasteiger partial charge in [0, 0.05) is 17.3 Å². The van der Waals surface area contributed by atoms with E-state index in [-0.39, 0.29) is 15.8 Å². The standard InChI is InChI=1S/C13H10Cl2N2O3/c1-7(9-4-5-16-17-9)8-2-3-10(13(15)12(8)14)20-6-11(18)19/h2-5H,1,6H2,(H,16,17)(H,18,19)/p-1. The number of carboxylic acids is 1. The Hall–Kier alpha value is -1.98. The molecule has 7 heteroatoms. The van der Waals surface area contributed by atoms with Crippen LogP contribution in [0.2, 0.25) is 10.0 Å². The summed E-state index contributed by atoms with van der Waals surface area (Å²) < 4.78 is 4.98. The maximum atomic E-state index is 10.4. The van der Waals surface area contributed by atoms with Gasteiger partial charge in [-0.1, -0.05) is 29.8 Å². The highest BCUT2D eigenvalue weighted by molar-refractivity contribution is 6.44. The number of nitrogens with zero attached hydrogens (tertiary/aromatic N) is 1. The number of aliphatic carboxylic acids is 1. The molecule has 0 unspecified atom stereocenters. The Kier molecular flexibility index (Phi) is 4.32. The highest BCUT2D eigenvalue weighted by Gasteiger charge is 2.14. The van der Waals surface area contributed by atoms with E-state index >= 15 is 0 Å². The highest BCUT2D eigenvalue weighted by Crippen LogP contribution is 2.38. The maximum absolute atomic E-state index is 10.4. The van der Waals surface area contributed by atoms with Crippen LogP contribution in [-0.2, 0) is 4.79 Å². The first-order valence-corrected chi connectivity index (χ1v) is 6.26. The normalized spacial score (nSPS) is 10.3. The molecular formula is C13H9Cl2N2O3-. The summed E-state index contributed by atoms with van der Waals surface area (Å²) in [5, 5.41) is 17.3. The molecular weight excluding hydrogens is 303 g/mol. The molecule has 0 atom stereocenters. The highest BCUT2D eigenvalue weighted by atomic mass is 35.5. The molecule has 0 saturated heterocycles. The summed E-state index contributed by atoms with van der Waals surface area (Å²) >= 11 is 12.2. The number of aromatic nitrogens is 2. The van der Waals surface area contributed by atoms with Gasteiger partial charge in [0.25, 0.3) is 0 Å². The van der Waals surface area contributed by atoms with Crippen LogP contribution in [0.15, 0.2) is 31.0 Å². The molecule has 0 amide bonds. The number of benzene rings is 1. The number of aromatic amines is 1. The third kappa shape index (κ3) is 2.95. The summed E-state index contributed by atoms with van der Waals surface area (Å²) in [6.45, 7) is 3.31. The van der Waals surface area contributed by atoms with Crippen LogP contribution >= 0.6 is 23.2 Å². The average Bonchev–Trinajstić information content (AvgIpc) is 2.93. The number of carboxylic acid groups (broad SMARTS) is 1. The fraction of sp³-hybridized carbons (Fsp3) is 0.0769. The number of hydrogen-bond donors (Lipinski definition) is 1. The number of nitrogens with one attached hydrogen (secondary N) is 1. The number of rotatable bonds is 5. The van der Waals surface area contributed by atoms with Gasteiger partial charge in [0.1, 0.15) is 17.4 Å². The van der Waals surface area contributed by atoms with E-state index in [1.807, 2.05) is 0 Å². The van der Waals surface area contributed by atoms with Gasteiger partial charge in [0.05, 0.1) is 16.7 Å². The van der Waals surface area contributed by atoms with E-state index in [0.717, 1.165) is 0 Å². The van der Waals surface area contributed by atoms with Gasteiger partial charge in [-0.3, -0.25) is 5.10 Å². The van der Waals surface area contributed by atoms with Crippen molar-refractivity contribution >= 4 is 34.7 Å². The molecule has 5 nitrogen and oxygen atoms in total. The molecule has 0 aliphatic heterocycles. The fourth-order valence-electron chi connectivity index (χ4n) is 1.58. The lowest BCUT2D eigenvalue weighted by atomic mass is 10.0. The molecule has 0 spiro atoms. The Morgan fingerprint density at radius 2 is 2.10 bits per heavy atom. The Morgan fingerprint density at radius 3 is 2.70 bits per heavy atom. The lowest BCUT2D eigenvalue weighted by molar-refractivity contribution is -0.307. The minimum atomic E-state index is -1.34. The maximum Gasteiger partial charge on any atom is 0.140 e. The third-order valence-electron chi connectivity index (χ3n) is 2.54. The molecule has 0 fully saturated rings. The molecule has 2 rings (SSSR count). The number of carbonyl (C=O) groups is 1. The van der Waals surface area contributed by atoms with Crippen LogP contribution < -0.4 is 9.84 Å². The third-order valence-corrected chi connectivity index (χ3v) is 3.41.